The average molecular weight is 261 g/mol. The van der Waals surface area contributed by atoms with Gasteiger partial charge in [0.05, 0.1) is 11.9 Å². The smallest absolute Gasteiger partial charge is 0.274 e. The van der Waals surface area contributed by atoms with Crippen molar-refractivity contribution in [3.05, 3.63) is 23.8 Å². The van der Waals surface area contributed by atoms with Crippen molar-refractivity contribution in [2.75, 3.05) is 39.3 Å². The van der Waals surface area contributed by atoms with Crippen molar-refractivity contribution in [1.82, 2.24) is 25.1 Å². The van der Waals surface area contributed by atoms with E-state index in [1.54, 1.807) is 12.4 Å². The quantitative estimate of drug-likeness (QED) is 0.779. The van der Waals surface area contributed by atoms with Gasteiger partial charge in [0, 0.05) is 51.5 Å². The van der Waals surface area contributed by atoms with E-state index >= 15 is 0 Å². The monoisotopic (exact) mass is 261 g/mol. The van der Waals surface area contributed by atoms with E-state index in [2.05, 4.69) is 20.2 Å². The second kappa shape index (κ2) is 5.22. The molecule has 1 amide bonds. The Balaban J connectivity index is 1.58. The number of carbonyl (C=O) groups excluding carboxylic acids is 1. The lowest BCUT2D eigenvalue weighted by Gasteiger charge is -2.43. The van der Waals surface area contributed by atoms with E-state index in [0.29, 0.717) is 11.7 Å². The van der Waals surface area contributed by atoms with Crippen LogP contribution >= 0.6 is 0 Å². The van der Waals surface area contributed by atoms with Crippen LogP contribution in [0.15, 0.2) is 12.4 Å². The molecule has 2 fully saturated rings. The molecule has 0 saturated carbocycles. The van der Waals surface area contributed by atoms with Gasteiger partial charge in [-0.2, -0.15) is 0 Å². The Bertz CT molecular complexity index is 449. The number of hydrogen-bond acceptors (Lipinski definition) is 5. The van der Waals surface area contributed by atoms with Crippen LogP contribution in [-0.2, 0) is 0 Å². The Morgan fingerprint density at radius 2 is 1.95 bits per heavy atom. The highest BCUT2D eigenvalue weighted by atomic mass is 16.2. The molecule has 0 unspecified atom stereocenters. The molecule has 1 N–H and O–H groups in total. The Labute approximate surface area is 112 Å². The topological polar surface area (TPSA) is 61.4 Å². The molecule has 19 heavy (non-hydrogen) atoms. The van der Waals surface area contributed by atoms with Gasteiger partial charge >= 0.3 is 0 Å². The summed E-state index contributed by atoms with van der Waals surface area (Å²) in [4.78, 5) is 24.9. The Kier molecular flexibility index (Phi) is 3.44. The molecule has 0 spiro atoms. The van der Waals surface area contributed by atoms with Crippen molar-refractivity contribution in [2.45, 2.75) is 13.0 Å². The lowest BCUT2D eigenvalue weighted by molar-refractivity contribution is 0.0497. The van der Waals surface area contributed by atoms with Crippen molar-refractivity contribution in [3.63, 3.8) is 0 Å². The molecule has 3 rings (SSSR count). The van der Waals surface area contributed by atoms with E-state index in [-0.39, 0.29) is 5.91 Å². The van der Waals surface area contributed by atoms with Crippen LogP contribution in [0.3, 0.4) is 0 Å². The highest BCUT2D eigenvalue weighted by Crippen LogP contribution is 2.11. The third kappa shape index (κ3) is 2.59. The van der Waals surface area contributed by atoms with Crippen molar-refractivity contribution in [3.8, 4) is 0 Å². The fraction of sp³-hybridized carbons (Fsp3) is 0.615. The van der Waals surface area contributed by atoms with Gasteiger partial charge in [0.15, 0.2) is 0 Å². The number of nitrogens with one attached hydrogen (secondary N) is 1. The normalized spacial score (nSPS) is 21.2. The summed E-state index contributed by atoms with van der Waals surface area (Å²) in [5, 5.41) is 3.28. The lowest BCUT2D eigenvalue weighted by atomic mass is 10.1. The summed E-state index contributed by atoms with van der Waals surface area (Å²) in [6, 6.07) is 0.663. The molecule has 0 radical (unpaired) electrons. The van der Waals surface area contributed by atoms with E-state index in [1.807, 2.05) is 11.8 Å². The Morgan fingerprint density at radius 3 is 2.47 bits per heavy atom. The zero-order valence-corrected chi connectivity index (χ0v) is 11.2. The van der Waals surface area contributed by atoms with Crippen LogP contribution in [0, 0.1) is 6.92 Å². The predicted octanol–water partition coefficient (Wildman–Crippen LogP) is -0.485. The third-order valence-corrected chi connectivity index (χ3v) is 3.88. The molecule has 102 valence electrons. The molecule has 3 heterocycles. The Hall–Kier alpha value is -1.53. The summed E-state index contributed by atoms with van der Waals surface area (Å²) >= 11 is 0. The minimum absolute atomic E-state index is 0.00103. The van der Waals surface area contributed by atoms with Crippen LogP contribution < -0.4 is 5.32 Å². The first-order valence-electron chi connectivity index (χ1n) is 6.77. The van der Waals surface area contributed by atoms with E-state index in [1.165, 1.54) is 0 Å². The van der Waals surface area contributed by atoms with E-state index in [0.717, 1.165) is 45.0 Å². The molecule has 0 atom stereocenters. The standard InChI is InChI=1S/C13H19N5O/c1-10-6-16-12(9-15-10)13(19)18-4-2-17(3-5-18)11-7-14-8-11/h6,9,11,14H,2-5,7-8H2,1H3. The molecule has 2 aliphatic rings. The van der Waals surface area contributed by atoms with Gasteiger partial charge in [-0.3, -0.25) is 14.7 Å². The summed E-state index contributed by atoms with van der Waals surface area (Å²) in [6.45, 7) is 7.51. The van der Waals surface area contributed by atoms with Gasteiger partial charge in [0.1, 0.15) is 5.69 Å². The van der Waals surface area contributed by atoms with Crippen LogP contribution in [0.5, 0.6) is 0 Å². The first-order chi connectivity index (χ1) is 9.24. The largest absolute Gasteiger partial charge is 0.335 e. The maximum Gasteiger partial charge on any atom is 0.274 e. The van der Waals surface area contributed by atoms with E-state index in [4.69, 9.17) is 0 Å². The molecular formula is C13H19N5O. The van der Waals surface area contributed by atoms with Gasteiger partial charge in [-0.15, -0.1) is 0 Å². The summed E-state index contributed by atoms with van der Waals surface area (Å²) in [5.74, 6) is -0.00103. The number of nitrogens with zero attached hydrogens (tertiary/aromatic N) is 4. The van der Waals surface area contributed by atoms with Gasteiger partial charge in [0.2, 0.25) is 0 Å². The fourth-order valence-corrected chi connectivity index (χ4v) is 2.49. The lowest BCUT2D eigenvalue weighted by Crippen LogP contribution is -2.62. The molecule has 1 aromatic heterocycles. The summed E-state index contributed by atoms with van der Waals surface area (Å²) in [7, 11) is 0. The number of amides is 1. The predicted molar refractivity (Wildman–Crippen MR) is 70.9 cm³/mol. The SMILES string of the molecule is Cc1cnc(C(=O)N2CCN(C3CNC3)CC2)cn1. The molecule has 1 aromatic rings. The molecule has 2 aliphatic heterocycles. The second-order valence-electron chi connectivity index (χ2n) is 5.18. The first kappa shape index (κ1) is 12.5. The van der Waals surface area contributed by atoms with Crippen LogP contribution in [0.2, 0.25) is 0 Å². The van der Waals surface area contributed by atoms with Crippen molar-refractivity contribution < 1.29 is 4.79 Å². The number of piperazine rings is 1. The average Bonchev–Trinajstić information content (AvgIpc) is 2.38. The molecule has 6 nitrogen and oxygen atoms in total. The molecule has 0 aromatic carbocycles. The van der Waals surface area contributed by atoms with E-state index in [9.17, 15) is 4.79 Å². The summed E-state index contributed by atoms with van der Waals surface area (Å²) < 4.78 is 0. The minimum atomic E-state index is -0.00103. The number of carbonyl (C=O) groups is 1. The highest BCUT2D eigenvalue weighted by molar-refractivity contribution is 5.92. The zero-order valence-electron chi connectivity index (χ0n) is 11.2. The maximum atomic E-state index is 12.3. The van der Waals surface area contributed by atoms with Crippen molar-refractivity contribution >= 4 is 5.91 Å². The van der Waals surface area contributed by atoms with Crippen LogP contribution in [0.4, 0.5) is 0 Å². The first-order valence-corrected chi connectivity index (χ1v) is 6.77. The van der Waals surface area contributed by atoms with Crippen molar-refractivity contribution in [1.29, 1.82) is 0 Å². The van der Waals surface area contributed by atoms with Crippen LogP contribution in [0.25, 0.3) is 0 Å². The highest BCUT2D eigenvalue weighted by Gasteiger charge is 2.29. The summed E-state index contributed by atoms with van der Waals surface area (Å²) in [6.07, 6.45) is 3.21. The van der Waals surface area contributed by atoms with E-state index < -0.39 is 0 Å². The van der Waals surface area contributed by atoms with Crippen LogP contribution in [-0.4, -0.2) is 71.0 Å². The number of rotatable bonds is 2. The van der Waals surface area contributed by atoms with Gasteiger partial charge < -0.3 is 10.2 Å². The molecule has 2 saturated heterocycles. The van der Waals surface area contributed by atoms with Crippen molar-refractivity contribution in [2.24, 2.45) is 0 Å². The van der Waals surface area contributed by atoms with Gasteiger partial charge in [-0.05, 0) is 6.92 Å². The number of aryl methyl sites for hydroxylation is 1. The third-order valence-electron chi connectivity index (χ3n) is 3.88. The molecule has 0 bridgehead atoms. The Morgan fingerprint density at radius 1 is 1.21 bits per heavy atom. The summed E-state index contributed by atoms with van der Waals surface area (Å²) in [5.41, 5.74) is 1.28. The minimum Gasteiger partial charge on any atom is -0.335 e. The molecular weight excluding hydrogens is 242 g/mol. The number of hydrogen-bond donors (Lipinski definition) is 1. The molecule has 6 heteroatoms. The van der Waals surface area contributed by atoms with Crippen LogP contribution in [0.1, 0.15) is 16.2 Å². The van der Waals surface area contributed by atoms with Gasteiger partial charge in [-0.25, -0.2) is 4.98 Å². The second-order valence-corrected chi connectivity index (χ2v) is 5.18. The fourth-order valence-electron chi connectivity index (χ4n) is 2.49. The molecule has 0 aliphatic carbocycles. The zero-order chi connectivity index (χ0) is 13.2. The number of aromatic nitrogens is 2. The van der Waals surface area contributed by atoms with Gasteiger partial charge in [-0.1, -0.05) is 0 Å². The van der Waals surface area contributed by atoms with Gasteiger partial charge in [0.25, 0.3) is 5.91 Å². The maximum absolute atomic E-state index is 12.3.